The summed E-state index contributed by atoms with van der Waals surface area (Å²) in [5.74, 6) is -0.657. The maximum Gasteiger partial charge on any atom is 0.332 e. The lowest BCUT2D eigenvalue weighted by atomic mass is 10.1. The quantitative estimate of drug-likeness (QED) is 0.739. The number of anilines is 2. The van der Waals surface area contributed by atoms with E-state index in [9.17, 15) is 14.4 Å². The van der Waals surface area contributed by atoms with E-state index in [0.29, 0.717) is 16.4 Å². The molecule has 0 aromatic heterocycles. The number of para-hydroxylation sites is 1. The van der Waals surface area contributed by atoms with E-state index in [1.54, 1.807) is 53.4 Å². The minimum atomic E-state index is -0.793. The second kappa shape index (κ2) is 8.25. The van der Waals surface area contributed by atoms with Crippen molar-refractivity contribution in [2.75, 3.05) is 10.2 Å². The van der Waals surface area contributed by atoms with Crippen molar-refractivity contribution >= 4 is 40.8 Å². The van der Waals surface area contributed by atoms with Crippen LogP contribution in [-0.2, 0) is 9.59 Å². The number of rotatable bonds is 5. The fraction of sp³-hybridized carbons (Fsp3) is 0.318. The van der Waals surface area contributed by atoms with Crippen LogP contribution in [0.2, 0.25) is 5.02 Å². The molecule has 0 bridgehead atoms. The van der Waals surface area contributed by atoms with Gasteiger partial charge < -0.3 is 10.2 Å². The fourth-order valence-corrected chi connectivity index (χ4v) is 4.25. The monoisotopic (exact) mass is 411 g/mol. The maximum atomic E-state index is 13.2. The molecule has 1 atom stereocenters. The van der Waals surface area contributed by atoms with Gasteiger partial charge in [0.15, 0.2) is 0 Å². The van der Waals surface area contributed by atoms with Gasteiger partial charge in [-0.05, 0) is 49.2 Å². The first kappa shape index (κ1) is 19.5. The van der Waals surface area contributed by atoms with E-state index in [0.717, 1.165) is 25.7 Å². The zero-order chi connectivity index (χ0) is 20.4. The van der Waals surface area contributed by atoms with Gasteiger partial charge in [-0.15, -0.1) is 0 Å². The van der Waals surface area contributed by atoms with Crippen LogP contribution in [0, 0.1) is 0 Å². The number of halogens is 1. The first-order valence-electron chi connectivity index (χ1n) is 9.81. The molecule has 1 saturated carbocycles. The summed E-state index contributed by atoms with van der Waals surface area (Å²) in [5.41, 5.74) is 1.13. The van der Waals surface area contributed by atoms with Crippen LogP contribution in [0.25, 0.3) is 0 Å². The topological polar surface area (TPSA) is 69.7 Å². The summed E-state index contributed by atoms with van der Waals surface area (Å²) < 4.78 is 0. The number of carbonyl (C=O) groups excluding carboxylic acids is 3. The molecule has 1 aliphatic carbocycles. The molecule has 2 aliphatic rings. The lowest BCUT2D eigenvalue weighted by molar-refractivity contribution is -0.124. The summed E-state index contributed by atoms with van der Waals surface area (Å²) in [7, 11) is 0. The SMILES string of the molecule is O=C(CC1C(=O)N(c2ccccc2)C(=O)N1C1CCCC1)Nc1ccc(Cl)cc1. The lowest BCUT2D eigenvalue weighted by Crippen LogP contribution is -2.43. The Morgan fingerprint density at radius 2 is 1.66 bits per heavy atom. The van der Waals surface area contributed by atoms with Gasteiger partial charge in [0.25, 0.3) is 5.91 Å². The van der Waals surface area contributed by atoms with Crippen LogP contribution in [-0.4, -0.2) is 34.8 Å². The number of nitrogens with one attached hydrogen (secondary N) is 1. The van der Waals surface area contributed by atoms with Crippen LogP contribution >= 0.6 is 11.6 Å². The molecule has 4 amide bonds. The average molecular weight is 412 g/mol. The first-order chi connectivity index (χ1) is 14.0. The Bertz CT molecular complexity index is 911. The van der Waals surface area contributed by atoms with Crippen molar-refractivity contribution < 1.29 is 14.4 Å². The summed E-state index contributed by atoms with van der Waals surface area (Å²) >= 11 is 5.88. The molecule has 4 rings (SSSR count). The van der Waals surface area contributed by atoms with E-state index >= 15 is 0 Å². The molecule has 29 heavy (non-hydrogen) atoms. The second-order valence-corrected chi connectivity index (χ2v) is 7.85. The predicted octanol–water partition coefficient (Wildman–Crippen LogP) is 4.45. The van der Waals surface area contributed by atoms with Crippen molar-refractivity contribution in [3.05, 3.63) is 59.6 Å². The molecule has 0 spiro atoms. The second-order valence-electron chi connectivity index (χ2n) is 7.41. The standard InChI is InChI=1S/C22H22ClN3O3/c23-15-10-12-16(13-11-15)24-20(27)14-19-21(28)26(18-6-2-1-3-7-18)22(29)25(19)17-8-4-5-9-17/h1-3,6-7,10-13,17,19H,4-5,8-9,14H2,(H,24,27). The van der Waals surface area contributed by atoms with Gasteiger partial charge in [0.1, 0.15) is 6.04 Å². The highest BCUT2D eigenvalue weighted by Crippen LogP contribution is 2.34. The first-order valence-corrected chi connectivity index (χ1v) is 10.2. The van der Waals surface area contributed by atoms with Crippen molar-refractivity contribution in [2.45, 2.75) is 44.2 Å². The Kier molecular flexibility index (Phi) is 5.53. The molecular formula is C22H22ClN3O3. The molecule has 150 valence electrons. The molecule has 2 fully saturated rings. The molecule has 2 aromatic rings. The molecule has 1 heterocycles. The van der Waals surface area contributed by atoms with Gasteiger partial charge in [0, 0.05) is 16.8 Å². The van der Waals surface area contributed by atoms with Crippen molar-refractivity contribution in [2.24, 2.45) is 0 Å². The van der Waals surface area contributed by atoms with Crippen LogP contribution in [0.15, 0.2) is 54.6 Å². The van der Waals surface area contributed by atoms with Crippen LogP contribution < -0.4 is 10.2 Å². The van der Waals surface area contributed by atoms with Crippen LogP contribution in [0.1, 0.15) is 32.1 Å². The normalized spacial score (nSPS) is 19.8. The highest BCUT2D eigenvalue weighted by Gasteiger charge is 2.49. The third-order valence-corrected chi connectivity index (χ3v) is 5.74. The Morgan fingerprint density at radius 3 is 2.31 bits per heavy atom. The van der Waals surface area contributed by atoms with Crippen LogP contribution in [0.3, 0.4) is 0 Å². The summed E-state index contributed by atoms with van der Waals surface area (Å²) in [4.78, 5) is 41.8. The number of carbonyl (C=O) groups is 3. The highest BCUT2D eigenvalue weighted by atomic mass is 35.5. The third kappa shape index (κ3) is 3.98. The zero-order valence-corrected chi connectivity index (χ0v) is 16.6. The molecule has 2 aromatic carbocycles. The molecule has 1 unspecified atom stereocenters. The molecule has 0 radical (unpaired) electrons. The third-order valence-electron chi connectivity index (χ3n) is 5.49. The number of nitrogens with zero attached hydrogens (tertiary/aromatic N) is 2. The minimum absolute atomic E-state index is 0.00602. The van der Waals surface area contributed by atoms with E-state index in [-0.39, 0.29) is 30.3 Å². The van der Waals surface area contributed by atoms with Gasteiger partial charge in [-0.3, -0.25) is 9.59 Å². The largest absolute Gasteiger partial charge is 0.332 e. The van der Waals surface area contributed by atoms with E-state index in [1.165, 1.54) is 4.90 Å². The molecular weight excluding hydrogens is 390 g/mol. The molecule has 6 nitrogen and oxygen atoms in total. The summed E-state index contributed by atoms with van der Waals surface area (Å²) in [6.07, 6.45) is 3.69. The number of hydrogen-bond acceptors (Lipinski definition) is 3. The van der Waals surface area contributed by atoms with Gasteiger partial charge in [0.05, 0.1) is 12.1 Å². The Morgan fingerprint density at radius 1 is 1.00 bits per heavy atom. The fourth-order valence-electron chi connectivity index (χ4n) is 4.13. The van der Waals surface area contributed by atoms with Gasteiger partial charge in [-0.2, -0.15) is 0 Å². The average Bonchev–Trinajstić information content (AvgIpc) is 3.31. The van der Waals surface area contributed by atoms with Crippen LogP contribution in [0.4, 0.5) is 16.2 Å². The zero-order valence-electron chi connectivity index (χ0n) is 15.9. The molecule has 1 N–H and O–H groups in total. The highest BCUT2D eigenvalue weighted by molar-refractivity contribution is 6.30. The number of imide groups is 1. The van der Waals surface area contributed by atoms with Gasteiger partial charge in [0.2, 0.25) is 5.91 Å². The summed E-state index contributed by atoms with van der Waals surface area (Å²) in [5, 5.41) is 3.37. The molecule has 1 saturated heterocycles. The van der Waals surface area contributed by atoms with E-state index < -0.39 is 6.04 Å². The van der Waals surface area contributed by atoms with Gasteiger partial charge in [-0.25, -0.2) is 9.69 Å². The van der Waals surface area contributed by atoms with Gasteiger partial charge >= 0.3 is 6.03 Å². The van der Waals surface area contributed by atoms with E-state index in [4.69, 9.17) is 11.6 Å². The van der Waals surface area contributed by atoms with Gasteiger partial charge in [-0.1, -0.05) is 42.6 Å². The van der Waals surface area contributed by atoms with Crippen molar-refractivity contribution in [1.29, 1.82) is 0 Å². The minimum Gasteiger partial charge on any atom is -0.326 e. The van der Waals surface area contributed by atoms with Crippen LogP contribution in [0.5, 0.6) is 0 Å². The van der Waals surface area contributed by atoms with Crippen molar-refractivity contribution in [3.8, 4) is 0 Å². The number of hydrogen-bond donors (Lipinski definition) is 1. The Labute approximate surface area is 174 Å². The number of benzene rings is 2. The number of urea groups is 1. The maximum absolute atomic E-state index is 13.2. The Balaban J connectivity index is 1.56. The summed E-state index contributed by atoms with van der Waals surface area (Å²) in [6, 6.07) is 14.5. The smallest absolute Gasteiger partial charge is 0.326 e. The summed E-state index contributed by atoms with van der Waals surface area (Å²) in [6.45, 7) is 0. The van der Waals surface area contributed by atoms with Crippen molar-refractivity contribution in [3.63, 3.8) is 0 Å². The van der Waals surface area contributed by atoms with E-state index in [1.807, 2.05) is 6.07 Å². The lowest BCUT2D eigenvalue weighted by Gasteiger charge is -2.27. The molecule has 7 heteroatoms. The Hall–Kier alpha value is -2.86. The van der Waals surface area contributed by atoms with Crippen molar-refractivity contribution in [1.82, 2.24) is 4.90 Å². The van der Waals surface area contributed by atoms with E-state index in [2.05, 4.69) is 5.32 Å². The molecule has 1 aliphatic heterocycles. The number of amides is 4. The predicted molar refractivity (Wildman–Crippen MR) is 112 cm³/mol.